The van der Waals surface area contributed by atoms with Gasteiger partial charge in [-0.15, -0.1) is 0 Å². The molecule has 0 saturated carbocycles. The highest BCUT2D eigenvalue weighted by molar-refractivity contribution is 9.10. The lowest BCUT2D eigenvalue weighted by molar-refractivity contribution is 0.0847. The molecule has 0 aliphatic carbocycles. The summed E-state index contributed by atoms with van der Waals surface area (Å²) < 4.78 is 0.881. The topological polar surface area (TPSA) is 74.0 Å². The van der Waals surface area contributed by atoms with E-state index in [-0.39, 0.29) is 11.8 Å². The maximum atomic E-state index is 12.2. The highest BCUT2D eigenvalue weighted by Crippen LogP contribution is 2.17. The number of halogens is 1. The van der Waals surface area contributed by atoms with Crippen LogP contribution < -0.4 is 10.9 Å². The Balaban J connectivity index is 1.70. The van der Waals surface area contributed by atoms with E-state index in [2.05, 4.69) is 31.8 Å². The van der Waals surface area contributed by atoms with Gasteiger partial charge in [-0.2, -0.15) is 0 Å². The summed E-state index contributed by atoms with van der Waals surface area (Å²) in [7, 11) is 0. The molecule has 110 valence electrons. The van der Waals surface area contributed by atoms with Crippen LogP contribution in [0.4, 0.5) is 0 Å². The van der Waals surface area contributed by atoms with Gasteiger partial charge in [0, 0.05) is 27.1 Å². The molecule has 0 fully saturated rings. The molecule has 0 atom stereocenters. The van der Waals surface area contributed by atoms with Gasteiger partial charge in [0.15, 0.2) is 0 Å². The maximum Gasteiger partial charge on any atom is 0.271 e. The molecule has 2 amide bonds. The van der Waals surface area contributed by atoms with Crippen LogP contribution in [0.1, 0.15) is 20.7 Å². The molecule has 3 aromatic rings. The molecular formula is C16H12BrN3O2. The fourth-order valence-electron chi connectivity index (χ4n) is 2.11. The van der Waals surface area contributed by atoms with Crippen molar-refractivity contribution in [3.63, 3.8) is 0 Å². The number of aromatic nitrogens is 1. The standard InChI is InChI=1S/C16H12BrN3O2/c17-11-7-5-10(6-8-11)15(21)19-20-16(22)13-9-18-14-4-2-1-3-12(13)14/h1-9,18H,(H,19,21)(H,20,22). The molecule has 0 radical (unpaired) electrons. The number of H-pyrrole nitrogens is 1. The summed E-state index contributed by atoms with van der Waals surface area (Å²) in [5.41, 5.74) is 6.63. The molecule has 3 rings (SSSR count). The zero-order chi connectivity index (χ0) is 15.5. The van der Waals surface area contributed by atoms with Crippen molar-refractivity contribution in [3.05, 3.63) is 70.3 Å². The minimum atomic E-state index is -0.374. The monoisotopic (exact) mass is 357 g/mol. The lowest BCUT2D eigenvalue weighted by Gasteiger charge is -2.07. The minimum Gasteiger partial charge on any atom is -0.360 e. The van der Waals surface area contributed by atoms with E-state index in [1.54, 1.807) is 30.5 Å². The Morgan fingerprint density at radius 1 is 0.909 bits per heavy atom. The van der Waals surface area contributed by atoms with Crippen molar-refractivity contribution < 1.29 is 9.59 Å². The van der Waals surface area contributed by atoms with E-state index in [0.717, 1.165) is 15.4 Å². The molecule has 0 aliphatic rings. The second-order valence-corrected chi connectivity index (χ2v) is 5.58. The molecule has 3 N–H and O–H groups in total. The fourth-order valence-corrected chi connectivity index (χ4v) is 2.38. The van der Waals surface area contributed by atoms with Crippen molar-refractivity contribution in [1.29, 1.82) is 0 Å². The Labute approximate surface area is 134 Å². The summed E-state index contributed by atoms with van der Waals surface area (Å²) in [5.74, 6) is -0.747. The van der Waals surface area contributed by atoms with Crippen LogP contribution in [0.25, 0.3) is 10.9 Å². The molecular weight excluding hydrogens is 346 g/mol. The first-order valence-corrected chi connectivity index (χ1v) is 7.37. The fraction of sp³-hybridized carbons (Fsp3) is 0. The molecule has 0 bridgehead atoms. The van der Waals surface area contributed by atoms with Gasteiger partial charge in [0.1, 0.15) is 0 Å². The van der Waals surface area contributed by atoms with Gasteiger partial charge in [-0.1, -0.05) is 34.1 Å². The van der Waals surface area contributed by atoms with Crippen LogP contribution in [0.2, 0.25) is 0 Å². The van der Waals surface area contributed by atoms with Gasteiger partial charge in [-0.3, -0.25) is 20.4 Å². The molecule has 0 aliphatic heterocycles. The third-order valence-corrected chi connectivity index (χ3v) is 3.76. The zero-order valence-electron chi connectivity index (χ0n) is 11.4. The van der Waals surface area contributed by atoms with Crippen LogP contribution in [0.15, 0.2) is 59.2 Å². The predicted molar refractivity (Wildman–Crippen MR) is 87.4 cm³/mol. The summed E-state index contributed by atoms with van der Waals surface area (Å²) >= 11 is 3.30. The molecule has 0 unspecified atom stereocenters. The van der Waals surface area contributed by atoms with Crippen LogP contribution >= 0.6 is 15.9 Å². The third kappa shape index (κ3) is 2.87. The number of amides is 2. The molecule has 1 aromatic heterocycles. The number of carbonyl (C=O) groups excluding carboxylic acids is 2. The largest absolute Gasteiger partial charge is 0.360 e. The van der Waals surface area contributed by atoms with Crippen LogP contribution in [0.3, 0.4) is 0 Å². The molecule has 2 aromatic carbocycles. The Hall–Kier alpha value is -2.60. The van der Waals surface area contributed by atoms with Crippen molar-refractivity contribution >= 4 is 38.6 Å². The van der Waals surface area contributed by atoms with E-state index < -0.39 is 0 Å². The van der Waals surface area contributed by atoms with Gasteiger partial charge in [0.25, 0.3) is 11.8 Å². The normalized spacial score (nSPS) is 10.4. The molecule has 6 heteroatoms. The number of hydrogen-bond donors (Lipinski definition) is 3. The number of rotatable bonds is 2. The number of hydrogen-bond acceptors (Lipinski definition) is 2. The second kappa shape index (κ2) is 6.03. The molecule has 0 spiro atoms. The molecule has 1 heterocycles. The average Bonchev–Trinajstić information content (AvgIpc) is 2.97. The van der Waals surface area contributed by atoms with E-state index in [0.29, 0.717) is 11.1 Å². The third-order valence-electron chi connectivity index (χ3n) is 3.23. The van der Waals surface area contributed by atoms with Gasteiger partial charge in [0.2, 0.25) is 0 Å². The van der Waals surface area contributed by atoms with E-state index >= 15 is 0 Å². The van der Waals surface area contributed by atoms with Crippen molar-refractivity contribution in [2.75, 3.05) is 0 Å². The van der Waals surface area contributed by atoms with E-state index in [1.165, 1.54) is 0 Å². The summed E-state index contributed by atoms with van der Waals surface area (Å²) in [5, 5.41) is 0.804. The lowest BCUT2D eigenvalue weighted by Crippen LogP contribution is -2.41. The summed E-state index contributed by atoms with van der Waals surface area (Å²) in [4.78, 5) is 27.1. The Morgan fingerprint density at radius 2 is 1.59 bits per heavy atom. The van der Waals surface area contributed by atoms with Crippen molar-refractivity contribution in [2.24, 2.45) is 0 Å². The lowest BCUT2D eigenvalue weighted by atomic mass is 10.2. The van der Waals surface area contributed by atoms with Gasteiger partial charge in [-0.25, -0.2) is 0 Å². The van der Waals surface area contributed by atoms with Crippen LogP contribution in [-0.2, 0) is 0 Å². The molecule has 22 heavy (non-hydrogen) atoms. The molecule has 0 saturated heterocycles. The highest BCUT2D eigenvalue weighted by Gasteiger charge is 2.13. The quantitative estimate of drug-likeness (QED) is 0.616. The van der Waals surface area contributed by atoms with Gasteiger partial charge in [0.05, 0.1) is 5.56 Å². The Bertz CT molecular complexity index is 840. The van der Waals surface area contributed by atoms with Gasteiger partial charge >= 0.3 is 0 Å². The van der Waals surface area contributed by atoms with E-state index in [1.807, 2.05) is 24.3 Å². The second-order valence-electron chi connectivity index (χ2n) is 4.66. The Morgan fingerprint density at radius 3 is 2.36 bits per heavy atom. The van der Waals surface area contributed by atoms with Crippen LogP contribution in [-0.4, -0.2) is 16.8 Å². The number of carbonyl (C=O) groups is 2. The SMILES string of the molecule is O=C(NNC(=O)c1c[nH]c2ccccc12)c1ccc(Br)cc1. The van der Waals surface area contributed by atoms with E-state index in [9.17, 15) is 9.59 Å². The maximum absolute atomic E-state index is 12.2. The van der Waals surface area contributed by atoms with Gasteiger partial charge in [-0.05, 0) is 30.3 Å². The average molecular weight is 358 g/mol. The number of hydrazine groups is 1. The van der Waals surface area contributed by atoms with Crippen LogP contribution in [0.5, 0.6) is 0 Å². The number of para-hydroxylation sites is 1. The number of fused-ring (bicyclic) bond motifs is 1. The first-order chi connectivity index (χ1) is 10.6. The summed E-state index contributed by atoms with van der Waals surface area (Å²) in [6.07, 6.45) is 1.62. The highest BCUT2D eigenvalue weighted by atomic mass is 79.9. The van der Waals surface area contributed by atoms with Crippen molar-refractivity contribution in [3.8, 4) is 0 Å². The number of aromatic amines is 1. The van der Waals surface area contributed by atoms with E-state index in [4.69, 9.17) is 0 Å². The number of benzene rings is 2. The summed E-state index contributed by atoms with van der Waals surface area (Å²) in [6.45, 7) is 0. The predicted octanol–water partition coefficient (Wildman–Crippen LogP) is 3.01. The van der Waals surface area contributed by atoms with Crippen molar-refractivity contribution in [1.82, 2.24) is 15.8 Å². The first-order valence-electron chi connectivity index (χ1n) is 6.57. The zero-order valence-corrected chi connectivity index (χ0v) is 13.0. The number of nitrogens with one attached hydrogen (secondary N) is 3. The van der Waals surface area contributed by atoms with Crippen molar-refractivity contribution in [2.45, 2.75) is 0 Å². The molecule has 5 nitrogen and oxygen atoms in total. The Kier molecular flexibility index (Phi) is 3.93. The van der Waals surface area contributed by atoms with Crippen LogP contribution in [0, 0.1) is 0 Å². The smallest absolute Gasteiger partial charge is 0.271 e. The first kappa shape index (κ1) is 14.3. The summed E-state index contributed by atoms with van der Waals surface area (Å²) in [6, 6.07) is 14.3. The minimum absolute atomic E-state index is 0.372. The van der Waals surface area contributed by atoms with Gasteiger partial charge < -0.3 is 4.98 Å².